The fraction of sp³-hybridized carbons (Fsp3) is 0.0588. The van der Waals surface area contributed by atoms with Gasteiger partial charge in [0, 0.05) is 18.0 Å². The largest absolute Gasteiger partial charge is 0.306 e. The van der Waals surface area contributed by atoms with Gasteiger partial charge in [-0.25, -0.2) is 0 Å². The summed E-state index contributed by atoms with van der Waals surface area (Å²) in [4.78, 5) is 2.51. The van der Waals surface area contributed by atoms with Gasteiger partial charge in [-0.15, -0.1) is 0 Å². The zero-order valence-corrected chi connectivity index (χ0v) is 11.6. The summed E-state index contributed by atoms with van der Waals surface area (Å²) in [7, 11) is 0. The van der Waals surface area contributed by atoms with Crippen LogP contribution in [-0.2, 0) is 0 Å². The number of allylic oxidation sites excluding steroid dienone is 4. The van der Waals surface area contributed by atoms with E-state index >= 15 is 0 Å². The van der Waals surface area contributed by atoms with Gasteiger partial charge < -0.3 is 4.84 Å². The molecule has 2 rings (SSSR count). The minimum absolute atomic E-state index is 1.11. The molecular formula is C17H16ClN. The topological polar surface area (TPSA) is 12.0 Å². The number of halogens is 1. The Morgan fingerprint density at radius 3 is 2.58 bits per heavy atom. The number of rotatable bonds is 4. The summed E-state index contributed by atoms with van der Waals surface area (Å²) in [5.41, 5.74) is 3.37. The van der Waals surface area contributed by atoms with E-state index in [9.17, 15) is 0 Å². The highest BCUT2D eigenvalue weighted by Gasteiger charge is 2.02. The molecule has 0 aliphatic rings. The maximum Gasteiger partial charge on any atom is 0.0135 e. The number of hydrogen-bond donors (Lipinski definition) is 1. The summed E-state index contributed by atoms with van der Waals surface area (Å²) in [5.74, 6) is 0. The Morgan fingerprint density at radius 1 is 1.16 bits per heavy atom. The summed E-state index contributed by atoms with van der Waals surface area (Å²) >= 11 is 5.49. The molecule has 0 radical (unpaired) electrons. The number of fused-ring (bicyclic) bond motifs is 1. The number of nitrogens with one attached hydrogen (secondary N) is 1. The molecule has 0 unspecified atom stereocenters. The lowest BCUT2D eigenvalue weighted by atomic mass is 9.97. The minimum Gasteiger partial charge on any atom is -0.306 e. The molecule has 2 aromatic carbocycles. The second kappa shape index (κ2) is 6.26. The first-order valence-electron chi connectivity index (χ1n) is 6.11. The van der Waals surface area contributed by atoms with E-state index in [0.29, 0.717) is 0 Å². The van der Waals surface area contributed by atoms with Crippen molar-refractivity contribution in [2.24, 2.45) is 0 Å². The smallest absolute Gasteiger partial charge is 0.0135 e. The van der Waals surface area contributed by atoms with Crippen LogP contribution in [0.15, 0.2) is 73.0 Å². The van der Waals surface area contributed by atoms with E-state index in [1.807, 2.05) is 31.2 Å². The molecule has 2 aromatic rings. The number of hydrogen-bond acceptors (Lipinski definition) is 1. The molecule has 0 aromatic heterocycles. The predicted octanol–water partition coefficient (Wildman–Crippen LogP) is 5.06. The van der Waals surface area contributed by atoms with E-state index in [2.05, 4.69) is 41.7 Å². The van der Waals surface area contributed by atoms with Crippen molar-refractivity contribution in [2.75, 3.05) is 0 Å². The van der Waals surface area contributed by atoms with Crippen LogP contribution in [0.4, 0.5) is 0 Å². The van der Waals surface area contributed by atoms with Crippen LogP contribution in [0.3, 0.4) is 0 Å². The highest BCUT2D eigenvalue weighted by molar-refractivity contribution is 6.14. The van der Waals surface area contributed by atoms with Crippen LogP contribution in [0.25, 0.3) is 16.3 Å². The Hall–Kier alpha value is -1.99. The van der Waals surface area contributed by atoms with Gasteiger partial charge in [0.1, 0.15) is 0 Å². The van der Waals surface area contributed by atoms with Crippen molar-refractivity contribution in [3.63, 3.8) is 0 Å². The molecule has 19 heavy (non-hydrogen) atoms. The first-order chi connectivity index (χ1) is 9.26. The standard InChI is InChI=1S/C17H16ClN/c1-3-13(2)17(10-11-19-18)16-9-8-14-6-4-5-7-15(14)12-16/h3-12,19H,1H2,2H3/b11-10-,17-13-. The second-order valence-electron chi connectivity index (χ2n) is 4.31. The SMILES string of the molecule is C=C/C(C)=C(/C=C\NCl)c1ccc2ccccc2c1. The van der Waals surface area contributed by atoms with Gasteiger partial charge in [0.25, 0.3) is 0 Å². The summed E-state index contributed by atoms with van der Waals surface area (Å²) in [6, 6.07) is 14.7. The molecule has 0 aliphatic heterocycles. The van der Waals surface area contributed by atoms with Crippen molar-refractivity contribution in [2.45, 2.75) is 6.92 Å². The van der Waals surface area contributed by atoms with E-state index in [1.165, 1.54) is 10.8 Å². The van der Waals surface area contributed by atoms with Crippen molar-refractivity contribution in [1.82, 2.24) is 4.84 Å². The molecule has 0 saturated heterocycles. The Balaban J connectivity index is 2.56. The van der Waals surface area contributed by atoms with E-state index in [0.717, 1.165) is 16.7 Å². The summed E-state index contributed by atoms with van der Waals surface area (Å²) in [6.45, 7) is 5.87. The van der Waals surface area contributed by atoms with E-state index in [1.54, 1.807) is 6.20 Å². The Morgan fingerprint density at radius 2 is 1.89 bits per heavy atom. The van der Waals surface area contributed by atoms with Gasteiger partial charge in [0.15, 0.2) is 0 Å². The minimum atomic E-state index is 1.11. The zero-order chi connectivity index (χ0) is 13.7. The third-order valence-electron chi connectivity index (χ3n) is 3.10. The van der Waals surface area contributed by atoms with Gasteiger partial charge in [-0.1, -0.05) is 49.1 Å². The van der Waals surface area contributed by atoms with Crippen molar-refractivity contribution in [1.29, 1.82) is 0 Å². The normalized spacial score (nSPS) is 12.5. The lowest BCUT2D eigenvalue weighted by Crippen LogP contribution is -1.88. The Bertz CT molecular complexity index is 653. The van der Waals surface area contributed by atoms with Gasteiger partial charge in [0.2, 0.25) is 0 Å². The van der Waals surface area contributed by atoms with Gasteiger partial charge in [-0.3, -0.25) is 0 Å². The first kappa shape index (κ1) is 13.4. The van der Waals surface area contributed by atoms with Gasteiger partial charge in [-0.2, -0.15) is 0 Å². The zero-order valence-electron chi connectivity index (χ0n) is 10.9. The maximum atomic E-state index is 5.49. The summed E-state index contributed by atoms with van der Waals surface area (Å²) in [6.07, 6.45) is 5.51. The molecule has 96 valence electrons. The molecule has 0 heterocycles. The van der Waals surface area contributed by atoms with Crippen LogP contribution in [-0.4, -0.2) is 0 Å². The molecule has 0 saturated carbocycles. The Kier molecular flexibility index (Phi) is 4.43. The van der Waals surface area contributed by atoms with Gasteiger partial charge >= 0.3 is 0 Å². The molecule has 2 heteroatoms. The van der Waals surface area contributed by atoms with Gasteiger partial charge in [-0.05, 0) is 46.5 Å². The van der Waals surface area contributed by atoms with Crippen LogP contribution in [0.1, 0.15) is 12.5 Å². The molecule has 0 bridgehead atoms. The molecule has 1 nitrogen and oxygen atoms in total. The van der Waals surface area contributed by atoms with E-state index < -0.39 is 0 Å². The summed E-state index contributed by atoms with van der Waals surface area (Å²) < 4.78 is 0. The molecule has 0 spiro atoms. The van der Waals surface area contributed by atoms with Gasteiger partial charge in [0.05, 0.1) is 0 Å². The summed E-state index contributed by atoms with van der Waals surface area (Å²) in [5, 5.41) is 2.46. The van der Waals surface area contributed by atoms with Crippen LogP contribution < -0.4 is 4.84 Å². The lowest BCUT2D eigenvalue weighted by molar-refractivity contribution is 1.39. The highest BCUT2D eigenvalue weighted by atomic mass is 35.5. The Labute approximate surface area is 119 Å². The van der Waals surface area contributed by atoms with Crippen molar-refractivity contribution in [3.05, 3.63) is 78.5 Å². The van der Waals surface area contributed by atoms with Crippen LogP contribution in [0.2, 0.25) is 0 Å². The second-order valence-corrected chi connectivity index (χ2v) is 4.52. The van der Waals surface area contributed by atoms with Crippen LogP contribution in [0.5, 0.6) is 0 Å². The molecular weight excluding hydrogens is 254 g/mol. The third kappa shape index (κ3) is 3.07. The molecule has 0 fully saturated rings. The fourth-order valence-corrected chi connectivity index (χ4v) is 2.10. The first-order valence-corrected chi connectivity index (χ1v) is 6.49. The van der Waals surface area contributed by atoms with Crippen molar-refractivity contribution >= 4 is 28.1 Å². The third-order valence-corrected chi connectivity index (χ3v) is 3.23. The average Bonchev–Trinajstić information content (AvgIpc) is 2.47. The molecule has 1 N–H and O–H groups in total. The van der Waals surface area contributed by atoms with Crippen LogP contribution in [0, 0.1) is 0 Å². The quantitative estimate of drug-likeness (QED) is 0.604. The van der Waals surface area contributed by atoms with E-state index in [-0.39, 0.29) is 0 Å². The van der Waals surface area contributed by atoms with Crippen molar-refractivity contribution < 1.29 is 0 Å². The number of benzene rings is 2. The lowest BCUT2D eigenvalue weighted by Gasteiger charge is -2.08. The highest BCUT2D eigenvalue weighted by Crippen LogP contribution is 2.25. The van der Waals surface area contributed by atoms with Crippen LogP contribution >= 0.6 is 11.8 Å². The molecule has 0 aliphatic carbocycles. The van der Waals surface area contributed by atoms with Crippen molar-refractivity contribution in [3.8, 4) is 0 Å². The fourth-order valence-electron chi connectivity index (χ4n) is 2.04. The monoisotopic (exact) mass is 269 g/mol. The average molecular weight is 270 g/mol. The molecule has 0 atom stereocenters. The predicted molar refractivity (Wildman–Crippen MR) is 84.9 cm³/mol. The maximum absolute atomic E-state index is 5.49. The molecule has 0 amide bonds. The van der Waals surface area contributed by atoms with E-state index in [4.69, 9.17) is 11.8 Å².